The molecule has 0 spiro atoms. The first-order chi connectivity index (χ1) is 8.58. The van der Waals surface area contributed by atoms with Crippen LogP contribution in [-0.4, -0.2) is 17.3 Å². The van der Waals surface area contributed by atoms with Crippen LogP contribution in [0.15, 0.2) is 18.2 Å². The van der Waals surface area contributed by atoms with Crippen LogP contribution >= 0.6 is 0 Å². The summed E-state index contributed by atoms with van der Waals surface area (Å²) in [6.45, 7) is 6.94. The second-order valence-electron chi connectivity index (χ2n) is 5.61. The van der Waals surface area contributed by atoms with Gasteiger partial charge in [-0.05, 0) is 43.7 Å². The number of benzene rings is 1. The van der Waals surface area contributed by atoms with Crippen LogP contribution in [0, 0.1) is 6.92 Å². The van der Waals surface area contributed by atoms with Crippen molar-refractivity contribution in [1.82, 2.24) is 5.32 Å². The average molecular weight is 247 g/mol. The fraction of sp³-hybridized carbons (Fsp3) is 0.625. The zero-order chi connectivity index (χ0) is 13.2. The second-order valence-corrected chi connectivity index (χ2v) is 5.61. The molecule has 1 aliphatic rings. The normalized spacial score (nSPS) is 19.0. The smallest absolute Gasteiger partial charge is 0.0766 e. The summed E-state index contributed by atoms with van der Waals surface area (Å²) >= 11 is 0. The quantitative estimate of drug-likeness (QED) is 0.838. The predicted molar refractivity (Wildman–Crippen MR) is 75.8 cm³/mol. The van der Waals surface area contributed by atoms with Gasteiger partial charge in [-0.1, -0.05) is 37.6 Å². The molecule has 0 aromatic heterocycles. The zero-order valence-corrected chi connectivity index (χ0v) is 11.8. The highest BCUT2D eigenvalue weighted by molar-refractivity contribution is 5.37. The summed E-state index contributed by atoms with van der Waals surface area (Å²) < 4.78 is 0. The van der Waals surface area contributed by atoms with Crippen LogP contribution in [0.1, 0.15) is 55.8 Å². The van der Waals surface area contributed by atoms with E-state index in [4.69, 9.17) is 0 Å². The lowest BCUT2D eigenvalue weighted by molar-refractivity contribution is 0.0298. The van der Waals surface area contributed by atoms with Gasteiger partial charge in [0.15, 0.2) is 0 Å². The first kappa shape index (κ1) is 13.6. The van der Waals surface area contributed by atoms with Crippen molar-refractivity contribution in [2.24, 2.45) is 0 Å². The maximum atomic E-state index is 10.3. The molecule has 0 amide bonds. The fourth-order valence-electron chi connectivity index (χ4n) is 2.75. The summed E-state index contributed by atoms with van der Waals surface area (Å²) in [5.41, 5.74) is 3.68. The van der Waals surface area contributed by atoms with Crippen molar-refractivity contribution in [3.63, 3.8) is 0 Å². The van der Waals surface area contributed by atoms with E-state index >= 15 is 0 Å². The number of aliphatic hydroxyl groups is 1. The maximum absolute atomic E-state index is 10.3. The number of nitrogens with one attached hydrogen (secondary N) is 1. The summed E-state index contributed by atoms with van der Waals surface area (Å²) in [7, 11) is 0. The van der Waals surface area contributed by atoms with Gasteiger partial charge in [-0.2, -0.15) is 0 Å². The number of fused-ring (bicyclic) bond motifs is 1. The molecule has 0 heterocycles. The molecule has 2 N–H and O–H groups in total. The van der Waals surface area contributed by atoms with E-state index in [1.165, 1.54) is 16.7 Å². The molecule has 0 aliphatic heterocycles. The first-order valence-corrected chi connectivity index (χ1v) is 7.13. The van der Waals surface area contributed by atoms with Gasteiger partial charge in [0.05, 0.1) is 5.60 Å². The molecule has 2 heteroatoms. The van der Waals surface area contributed by atoms with E-state index in [2.05, 4.69) is 44.3 Å². The molecule has 2 rings (SSSR count). The molecule has 0 saturated carbocycles. The van der Waals surface area contributed by atoms with Gasteiger partial charge >= 0.3 is 0 Å². The Bertz CT molecular complexity index is 410. The molecular formula is C16H25NO. The molecule has 0 fully saturated rings. The van der Waals surface area contributed by atoms with Gasteiger partial charge in [0.2, 0.25) is 0 Å². The topological polar surface area (TPSA) is 32.3 Å². The van der Waals surface area contributed by atoms with E-state index in [0.717, 1.165) is 25.7 Å². The summed E-state index contributed by atoms with van der Waals surface area (Å²) in [6, 6.07) is 7.15. The fourth-order valence-corrected chi connectivity index (χ4v) is 2.75. The van der Waals surface area contributed by atoms with Crippen molar-refractivity contribution in [2.45, 2.75) is 58.1 Å². The summed E-state index contributed by atoms with van der Waals surface area (Å²) in [5.74, 6) is 0. The van der Waals surface area contributed by atoms with Crippen molar-refractivity contribution >= 4 is 0 Å². The summed E-state index contributed by atoms with van der Waals surface area (Å²) in [6.07, 6.45) is 3.93. The molecule has 1 aliphatic carbocycles. The van der Waals surface area contributed by atoms with E-state index in [0.29, 0.717) is 12.6 Å². The third-order valence-corrected chi connectivity index (χ3v) is 4.37. The Hall–Kier alpha value is -0.860. The van der Waals surface area contributed by atoms with Gasteiger partial charge < -0.3 is 10.4 Å². The van der Waals surface area contributed by atoms with Crippen LogP contribution in [-0.2, 0) is 6.42 Å². The largest absolute Gasteiger partial charge is 0.389 e. The van der Waals surface area contributed by atoms with Crippen molar-refractivity contribution in [3.05, 3.63) is 34.9 Å². The van der Waals surface area contributed by atoms with Crippen molar-refractivity contribution in [3.8, 4) is 0 Å². The Kier molecular flexibility index (Phi) is 4.08. The van der Waals surface area contributed by atoms with Crippen LogP contribution in [0.4, 0.5) is 0 Å². The van der Waals surface area contributed by atoms with Gasteiger partial charge in [0.1, 0.15) is 0 Å². The number of aryl methyl sites for hydroxylation is 2. The summed E-state index contributed by atoms with van der Waals surface area (Å²) in [5, 5.41) is 13.9. The molecule has 0 bridgehead atoms. The molecule has 0 saturated heterocycles. The molecule has 18 heavy (non-hydrogen) atoms. The lowest BCUT2D eigenvalue weighted by Crippen LogP contribution is -2.40. The SMILES string of the molecule is CCC(O)(CC)CNC1CCc2ccc(C)cc21. The molecule has 2 nitrogen and oxygen atoms in total. The van der Waals surface area contributed by atoms with Gasteiger partial charge in [0.25, 0.3) is 0 Å². The Morgan fingerprint density at radius 1 is 1.33 bits per heavy atom. The standard InChI is InChI=1S/C16H25NO/c1-4-16(18,5-2)11-17-15-9-8-13-7-6-12(3)10-14(13)15/h6-7,10,15,17-18H,4-5,8-9,11H2,1-3H3. The van der Waals surface area contributed by atoms with Crippen molar-refractivity contribution in [1.29, 1.82) is 0 Å². The Morgan fingerprint density at radius 3 is 2.72 bits per heavy atom. The van der Waals surface area contributed by atoms with Gasteiger partial charge in [-0.25, -0.2) is 0 Å². The van der Waals surface area contributed by atoms with Crippen LogP contribution < -0.4 is 5.32 Å². The van der Waals surface area contributed by atoms with Gasteiger partial charge in [-0.3, -0.25) is 0 Å². The molecule has 100 valence electrons. The maximum Gasteiger partial charge on any atom is 0.0766 e. The predicted octanol–water partition coefficient (Wildman–Crippen LogP) is 3.12. The van der Waals surface area contributed by atoms with E-state index in [1.54, 1.807) is 0 Å². The molecule has 1 atom stereocenters. The number of hydrogen-bond donors (Lipinski definition) is 2. The van der Waals surface area contributed by atoms with Crippen molar-refractivity contribution < 1.29 is 5.11 Å². The highest BCUT2D eigenvalue weighted by Gasteiger charge is 2.27. The Labute approximate surface area is 110 Å². The molecular weight excluding hydrogens is 222 g/mol. The minimum absolute atomic E-state index is 0.421. The lowest BCUT2D eigenvalue weighted by Gasteiger charge is -2.28. The van der Waals surface area contributed by atoms with Crippen LogP contribution in [0.2, 0.25) is 0 Å². The third-order valence-electron chi connectivity index (χ3n) is 4.37. The van der Waals surface area contributed by atoms with Gasteiger partial charge in [0, 0.05) is 12.6 Å². The molecule has 1 aromatic carbocycles. The first-order valence-electron chi connectivity index (χ1n) is 7.13. The van der Waals surface area contributed by atoms with E-state index in [-0.39, 0.29) is 0 Å². The third kappa shape index (κ3) is 2.76. The molecule has 1 aromatic rings. The minimum Gasteiger partial charge on any atom is -0.389 e. The van der Waals surface area contributed by atoms with E-state index in [9.17, 15) is 5.11 Å². The van der Waals surface area contributed by atoms with Gasteiger partial charge in [-0.15, -0.1) is 0 Å². The average Bonchev–Trinajstić information content (AvgIpc) is 2.78. The van der Waals surface area contributed by atoms with Crippen LogP contribution in [0.3, 0.4) is 0 Å². The molecule has 0 radical (unpaired) electrons. The van der Waals surface area contributed by atoms with E-state index < -0.39 is 5.60 Å². The summed E-state index contributed by atoms with van der Waals surface area (Å²) in [4.78, 5) is 0. The lowest BCUT2D eigenvalue weighted by atomic mass is 9.96. The van der Waals surface area contributed by atoms with Crippen LogP contribution in [0.25, 0.3) is 0 Å². The minimum atomic E-state index is -0.549. The van der Waals surface area contributed by atoms with E-state index in [1.807, 2.05) is 0 Å². The molecule has 1 unspecified atom stereocenters. The Morgan fingerprint density at radius 2 is 2.06 bits per heavy atom. The number of rotatable bonds is 5. The van der Waals surface area contributed by atoms with Crippen LogP contribution in [0.5, 0.6) is 0 Å². The monoisotopic (exact) mass is 247 g/mol. The Balaban J connectivity index is 2.04. The zero-order valence-electron chi connectivity index (χ0n) is 11.8. The van der Waals surface area contributed by atoms with Crippen molar-refractivity contribution in [2.75, 3.05) is 6.54 Å². The number of hydrogen-bond acceptors (Lipinski definition) is 2. The highest BCUT2D eigenvalue weighted by Crippen LogP contribution is 2.32. The second kappa shape index (κ2) is 5.41. The highest BCUT2D eigenvalue weighted by atomic mass is 16.3.